The van der Waals surface area contributed by atoms with Gasteiger partial charge in [-0.25, -0.2) is 0 Å². The van der Waals surface area contributed by atoms with Crippen molar-refractivity contribution < 1.29 is 0 Å². The standard InChI is InChI=1S/C31H35N/c1-3-10-27(11-4-1)32(28-12-5-2-6-13-28)29-19-17-23(18-20-29)24-15-16-26-21-25-9-7-8-14-30(25)31(26)22-24/h1-6,10-13,17-20,24-26,30-31H,7-9,14-16,21-22H2. The third-order valence-corrected chi connectivity index (χ3v) is 8.82. The van der Waals surface area contributed by atoms with Gasteiger partial charge < -0.3 is 4.90 Å². The van der Waals surface area contributed by atoms with Crippen LogP contribution in [0.1, 0.15) is 62.8 Å². The van der Waals surface area contributed by atoms with Crippen LogP contribution in [-0.2, 0) is 0 Å². The van der Waals surface area contributed by atoms with Crippen LogP contribution in [-0.4, -0.2) is 0 Å². The van der Waals surface area contributed by atoms with Gasteiger partial charge in [-0.15, -0.1) is 0 Å². The van der Waals surface area contributed by atoms with E-state index in [1.165, 1.54) is 62.0 Å². The quantitative estimate of drug-likeness (QED) is 0.406. The maximum atomic E-state index is 2.42. The first kappa shape index (κ1) is 20.1. The normalized spacial score (nSPS) is 29.2. The van der Waals surface area contributed by atoms with E-state index in [0.717, 1.165) is 29.6 Å². The van der Waals surface area contributed by atoms with Gasteiger partial charge in [0, 0.05) is 17.1 Å². The molecule has 0 N–H and O–H groups in total. The number of benzene rings is 3. The van der Waals surface area contributed by atoms with Gasteiger partial charge in [0.05, 0.1) is 0 Å². The topological polar surface area (TPSA) is 3.24 Å². The number of fused-ring (bicyclic) bond motifs is 3. The van der Waals surface area contributed by atoms with Crippen molar-refractivity contribution in [2.75, 3.05) is 4.90 Å². The van der Waals surface area contributed by atoms with E-state index < -0.39 is 0 Å². The third-order valence-electron chi connectivity index (χ3n) is 8.82. The Morgan fingerprint density at radius 2 is 1.09 bits per heavy atom. The van der Waals surface area contributed by atoms with E-state index >= 15 is 0 Å². The fraction of sp³-hybridized carbons (Fsp3) is 0.419. The number of para-hydroxylation sites is 2. The van der Waals surface area contributed by atoms with Crippen LogP contribution in [0.4, 0.5) is 17.1 Å². The van der Waals surface area contributed by atoms with Crippen molar-refractivity contribution in [2.45, 2.75) is 57.3 Å². The van der Waals surface area contributed by atoms with Crippen molar-refractivity contribution in [3.63, 3.8) is 0 Å². The number of hydrogen-bond donors (Lipinski definition) is 0. The highest BCUT2D eigenvalue weighted by Gasteiger charge is 2.46. The van der Waals surface area contributed by atoms with E-state index in [-0.39, 0.29) is 0 Å². The summed E-state index contributed by atoms with van der Waals surface area (Å²) in [4.78, 5) is 2.37. The highest BCUT2D eigenvalue weighted by Crippen LogP contribution is 2.56. The van der Waals surface area contributed by atoms with Gasteiger partial charge in [-0.2, -0.15) is 0 Å². The van der Waals surface area contributed by atoms with Gasteiger partial charge in [0.25, 0.3) is 0 Å². The molecule has 3 aliphatic rings. The molecule has 3 saturated carbocycles. The Hall–Kier alpha value is -2.54. The molecule has 0 aliphatic heterocycles. The van der Waals surface area contributed by atoms with E-state index in [0.29, 0.717) is 0 Å². The average molecular weight is 422 g/mol. The van der Waals surface area contributed by atoms with E-state index in [2.05, 4.69) is 89.8 Å². The molecule has 0 spiro atoms. The lowest BCUT2D eigenvalue weighted by Crippen LogP contribution is -2.26. The van der Waals surface area contributed by atoms with Gasteiger partial charge in [-0.3, -0.25) is 0 Å². The summed E-state index contributed by atoms with van der Waals surface area (Å²) in [6, 6.07) is 31.0. The second-order valence-corrected chi connectivity index (χ2v) is 10.5. The van der Waals surface area contributed by atoms with Crippen molar-refractivity contribution in [1.82, 2.24) is 0 Å². The first-order chi connectivity index (χ1) is 15.9. The highest BCUT2D eigenvalue weighted by molar-refractivity contribution is 5.76. The first-order valence-electron chi connectivity index (χ1n) is 12.9. The molecule has 1 nitrogen and oxygen atoms in total. The molecule has 5 atom stereocenters. The summed E-state index contributed by atoms with van der Waals surface area (Å²) in [6.07, 6.45) is 11.8. The van der Waals surface area contributed by atoms with Crippen LogP contribution in [0.25, 0.3) is 0 Å². The van der Waals surface area contributed by atoms with E-state index in [9.17, 15) is 0 Å². The van der Waals surface area contributed by atoms with Gasteiger partial charge in [0.2, 0.25) is 0 Å². The highest BCUT2D eigenvalue weighted by atomic mass is 15.1. The molecule has 164 valence electrons. The second-order valence-electron chi connectivity index (χ2n) is 10.5. The van der Waals surface area contributed by atoms with Crippen molar-refractivity contribution >= 4 is 17.1 Å². The molecule has 3 aromatic rings. The van der Waals surface area contributed by atoms with Crippen LogP contribution in [0, 0.1) is 23.7 Å². The summed E-state index contributed by atoms with van der Waals surface area (Å²) in [5.41, 5.74) is 5.23. The number of rotatable bonds is 4. The van der Waals surface area contributed by atoms with Gasteiger partial charge >= 0.3 is 0 Å². The van der Waals surface area contributed by atoms with Gasteiger partial charge in [-0.05, 0) is 104 Å². The molecule has 0 radical (unpaired) electrons. The molecule has 3 fully saturated rings. The Labute approximate surface area is 193 Å². The molecular formula is C31H35N. The molecule has 0 aromatic heterocycles. The van der Waals surface area contributed by atoms with Gasteiger partial charge in [0.1, 0.15) is 0 Å². The summed E-state index contributed by atoms with van der Waals surface area (Å²) < 4.78 is 0. The zero-order chi connectivity index (χ0) is 21.3. The van der Waals surface area contributed by atoms with Crippen LogP contribution in [0.5, 0.6) is 0 Å². The van der Waals surface area contributed by atoms with Crippen molar-refractivity contribution in [1.29, 1.82) is 0 Å². The Morgan fingerprint density at radius 3 is 1.78 bits per heavy atom. The molecule has 32 heavy (non-hydrogen) atoms. The van der Waals surface area contributed by atoms with Gasteiger partial charge in [-0.1, -0.05) is 67.8 Å². The SMILES string of the molecule is c1ccc(N(c2ccccc2)c2ccc(C3CCC4CC5CCCCC5C4C3)cc2)cc1. The fourth-order valence-electron chi connectivity index (χ4n) is 7.37. The molecule has 0 saturated heterocycles. The minimum atomic E-state index is 0.757. The molecule has 0 heterocycles. The second kappa shape index (κ2) is 8.77. The van der Waals surface area contributed by atoms with E-state index in [1.54, 1.807) is 12.0 Å². The maximum Gasteiger partial charge on any atom is 0.0461 e. The number of hydrogen-bond acceptors (Lipinski definition) is 1. The Bertz CT molecular complexity index is 970. The lowest BCUT2D eigenvalue weighted by Gasteiger charge is -2.36. The molecule has 0 amide bonds. The fourth-order valence-corrected chi connectivity index (χ4v) is 7.37. The smallest absolute Gasteiger partial charge is 0.0461 e. The monoisotopic (exact) mass is 421 g/mol. The number of nitrogens with zero attached hydrogens (tertiary/aromatic N) is 1. The van der Waals surface area contributed by atoms with Crippen LogP contribution in [0.15, 0.2) is 84.9 Å². The predicted molar refractivity (Wildman–Crippen MR) is 135 cm³/mol. The maximum absolute atomic E-state index is 2.42. The third kappa shape index (κ3) is 3.76. The van der Waals surface area contributed by atoms with Crippen LogP contribution in [0.3, 0.4) is 0 Å². The Kier molecular flexibility index (Phi) is 5.51. The van der Waals surface area contributed by atoms with Crippen LogP contribution < -0.4 is 4.90 Å². The van der Waals surface area contributed by atoms with Crippen molar-refractivity contribution in [3.8, 4) is 0 Å². The molecule has 3 aromatic carbocycles. The van der Waals surface area contributed by atoms with Crippen LogP contribution in [0.2, 0.25) is 0 Å². The first-order valence-corrected chi connectivity index (χ1v) is 12.9. The average Bonchev–Trinajstić information content (AvgIpc) is 3.24. The molecule has 6 rings (SSSR count). The molecule has 3 aliphatic carbocycles. The van der Waals surface area contributed by atoms with Crippen LogP contribution >= 0.6 is 0 Å². The summed E-state index contributed by atoms with van der Waals surface area (Å²) in [7, 11) is 0. The summed E-state index contributed by atoms with van der Waals surface area (Å²) in [5, 5.41) is 0. The lowest BCUT2D eigenvalue weighted by atomic mass is 9.69. The summed E-state index contributed by atoms with van der Waals surface area (Å²) in [6.45, 7) is 0. The van der Waals surface area contributed by atoms with E-state index in [4.69, 9.17) is 0 Å². The summed E-state index contributed by atoms with van der Waals surface area (Å²) >= 11 is 0. The number of anilines is 3. The zero-order valence-corrected chi connectivity index (χ0v) is 19.1. The predicted octanol–water partition coefficient (Wildman–Crippen LogP) is 8.87. The lowest BCUT2D eigenvalue weighted by molar-refractivity contribution is 0.171. The minimum Gasteiger partial charge on any atom is -0.311 e. The van der Waals surface area contributed by atoms with Crippen molar-refractivity contribution in [2.24, 2.45) is 23.7 Å². The molecule has 0 bridgehead atoms. The Balaban J connectivity index is 1.24. The largest absolute Gasteiger partial charge is 0.311 e. The van der Waals surface area contributed by atoms with Gasteiger partial charge in [0.15, 0.2) is 0 Å². The van der Waals surface area contributed by atoms with E-state index in [1.807, 2.05) is 0 Å². The summed E-state index contributed by atoms with van der Waals surface area (Å²) in [5.74, 6) is 4.90. The molecular weight excluding hydrogens is 386 g/mol. The zero-order valence-electron chi connectivity index (χ0n) is 19.1. The molecule has 5 unspecified atom stereocenters. The molecule has 1 heteroatoms. The Morgan fingerprint density at radius 1 is 0.500 bits per heavy atom. The van der Waals surface area contributed by atoms with Crippen molar-refractivity contribution in [3.05, 3.63) is 90.5 Å². The minimum absolute atomic E-state index is 0.757.